The van der Waals surface area contributed by atoms with Crippen LogP contribution >= 0.6 is 11.8 Å². The van der Waals surface area contributed by atoms with Crippen molar-refractivity contribution in [3.63, 3.8) is 0 Å². The lowest BCUT2D eigenvalue weighted by atomic mass is 10.2. The van der Waals surface area contributed by atoms with Crippen LogP contribution in [0.1, 0.15) is 30.4 Å². The molecule has 0 fully saturated rings. The van der Waals surface area contributed by atoms with Crippen LogP contribution in [0, 0.1) is 12.3 Å². The highest BCUT2D eigenvalue weighted by molar-refractivity contribution is 7.98. The number of aromatic amines is 2. The van der Waals surface area contributed by atoms with E-state index in [4.69, 9.17) is 5.41 Å². The maximum Gasteiger partial charge on any atom is 0.188 e. The van der Waals surface area contributed by atoms with Crippen molar-refractivity contribution in [2.24, 2.45) is 0 Å². The number of H-pyrrole nitrogens is 2. The maximum absolute atomic E-state index is 7.91. The molecule has 2 aromatic heterocycles. The van der Waals surface area contributed by atoms with Crippen LogP contribution in [0.2, 0.25) is 0 Å². The van der Waals surface area contributed by atoms with E-state index in [1.807, 2.05) is 24.9 Å². The Bertz CT molecular complexity index is 578. The molecule has 0 aliphatic rings. The number of hydrogen-bond donors (Lipinski definition) is 5. The lowest BCUT2D eigenvalue weighted by Gasteiger charge is -2.16. The van der Waals surface area contributed by atoms with Gasteiger partial charge in [0, 0.05) is 36.0 Å². The Balaban J connectivity index is 1.52. The molecule has 0 saturated heterocycles. The SMILES string of the molecule is Cc1[nH]cnc1CSCC(C)NC(=N)NCCCc1c[nH]cn1. The molecular formula is C15H25N7S. The van der Waals surface area contributed by atoms with Gasteiger partial charge in [-0.1, -0.05) is 0 Å². The average Bonchev–Trinajstić information content (AvgIpc) is 3.16. The summed E-state index contributed by atoms with van der Waals surface area (Å²) in [5.74, 6) is 2.21. The zero-order valence-electron chi connectivity index (χ0n) is 13.6. The first-order valence-electron chi connectivity index (χ1n) is 7.78. The van der Waals surface area contributed by atoms with Crippen LogP contribution in [0.15, 0.2) is 18.9 Å². The van der Waals surface area contributed by atoms with E-state index in [0.29, 0.717) is 5.96 Å². The van der Waals surface area contributed by atoms with Crippen LogP contribution in [-0.4, -0.2) is 44.2 Å². The van der Waals surface area contributed by atoms with Crippen molar-refractivity contribution in [1.29, 1.82) is 5.41 Å². The summed E-state index contributed by atoms with van der Waals surface area (Å²) in [5.41, 5.74) is 3.29. The molecule has 0 spiro atoms. The fraction of sp³-hybridized carbons (Fsp3) is 0.533. The highest BCUT2D eigenvalue weighted by Gasteiger charge is 2.06. The standard InChI is InChI=1S/C15H25N7S/c1-11(7-23-8-14-12(2)19-10-21-14)22-15(16)18-5-3-4-13-6-17-9-20-13/h6,9-11H,3-5,7-8H2,1-2H3,(H,17,20)(H,19,21)(H3,16,18,22). The lowest BCUT2D eigenvalue weighted by molar-refractivity contribution is 0.686. The van der Waals surface area contributed by atoms with Gasteiger partial charge in [0.1, 0.15) is 0 Å². The van der Waals surface area contributed by atoms with Crippen molar-refractivity contribution in [1.82, 2.24) is 30.6 Å². The van der Waals surface area contributed by atoms with Gasteiger partial charge in [-0.2, -0.15) is 11.8 Å². The Hall–Kier alpha value is -1.96. The monoisotopic (exact) mass is 335 g/mol. The molecule has 0 radical (unpaired) electrons. The average molecular weight is 335 g/mol. The van der Waals surface area contributed by atoms with E-state index in [2.05, 4.69) is 37.5 Å². The minimum atomic E-state index is 0.241. The van der Waals surface area contributed by atoms with E-state index in [1.54, 1.807) is 12.7 Å². The van der Waals surface area contributed by atoms with Gasteiger partial charge < -0.3 is 20.6 Å². The molecule has 8 heteroatoms. The maximum atomic E-state index is 7.91. The Morgan fingerprint density at radius 2 is 2.26 bits per heavy atom. The number of rotatable bonds is 9. The molecule has 0 aliphatic carbocycles. The summed E-state index contributed by atoms with van der Waals surface area (Å²) in [6, 6.07) is 0.241. The molecule has 126 valence electrons. The Kier molecular flexibility index (Phi) is 6.99. The molecule has 5 N–H and O–H groups in total. The van der Waals surface area contributed by atoms with Crippen LogP contribution < -0.4 is 10.6 Å². The number of thioether (sulfide) groups is 1. The van der Waals surface area contributed by atoms with Crippen molar-refractivity contribution >= 4 is 17.7 Å². The predicted molar refractivity (Wildman–Crippen MR) is 94.7 cm³/mol. The topological polar surface area (TPSA) is 105 Å². The molecule has 7 nitrogen and oxygen atoms in total. The quantitative estimate of drug-likeness (QED) is 0.273. The lowest BCUT2D eigenvalue weighted by Crippen LogP contribution is -2.42. The molecule has 0 bridgehead atoms. The summed E-state index contributed by atoms with van der Waals surface area (Å²) in [6.45, 7) is 4.89. The van der Waals surface area contributed by atoms with E-state index < -0.39 is 0 Å². The summed E-state index contributed by atoms with van der Waals surface area (Å²) >= 11 is 1.82. The van der Waals surface area contributed by atoms with Gasteiger partial charge in [-0.3, -0.25) is 5.41 Å². The Morgan fingerprint density at radius 1 is 1.39 bits per heavy atom. The first kappa shape index (κ1) is 17.4. The molecule has 1 atom stereocenters. The molecule has 0 amide bonds. The third-order valence-corrected chi connectivity index (χ3v) is 4.61. The van der Waals surface area contributed by atoms with E-state index >= 15 is 0 Å². The number of guanidine groups is 1. The number of aryl methyl sites for hydroxylation is 2. The number of imidazole rings is 2. The van der Waals surface area contributed by atoms with Crippen molar-refractivity contribution in [3.8, 4) is 0 Å². The second kappa shape index (κ2) is 9.24. The Morgan fingerprint density at radius 3 is 2.96 bits per heavy atom. The van der Waals surface area contributed by atoms with E-state index in [9.17, 15) is 0 Å². The summed E-state index contributed by atoms with van der Waals surface area (Å²) in [5, 5.41) is 14.2. The highest BCUT2D eigenvalue weighted by Crippen LogP contribution is 2.13. The van der Waals surface area contributed by atoms with Crippen LogP contribution in [0.3, 0.4) is 0 Å². The highest BCUT2D eigenvalue weighted by atomic mass is 32.2. The molecule has 0 aliphatic heterocycles. The van der Waals surface area contributed by atoms with Crippen LogP contribution in [0.4, 0.5) is 0 Å². The van der Waals surface area contributed by atoms with Crippen LogP contribution in [-0.2, 0) is 12.2 Å². The molecule has 0 saturated carbocycles. The van der Waals surface area contributed by atoms with Crippen LogP contribution in [0.25, 0.3) is 0 Å². The predicted octanol–water partition coefficient (Wildman–Crippen LogP) is 1.81. The molecule has 2 rings (SSSR count). The third-order valence-electron chi connectivity index (χ3n) is 3.40. The fourth-order valence-corrected chi connectivity index (χ4v) is 3.15. The summed E-state index contributed by atoms with van der Waals surface area (Å²) in [4.78, 5) is 14.5. The third kappa shape index (κ3) is 6.35. The Labute approximate surface area is 141 Å². The number of nitrogens with one attached hydrogen (secondary N) is 5. The normalized spacial score (nSPS) is 12.1. The van der Waals surface area contributed by atoms with E-state index in [1.165, 1.54) is 0 Å². The second-order valence-electron chi connectivity index (χ2n) is 5.50. The van der Waals surface area contributed by atoms with Gasteiger partial charge in [-0.25, -0.2) is 9.97 Å². The molecule has 0 aromatic carbocycles. The summed E-state index contributed by atoms with van der Waals surface area (Å²) in [6.07, 6.45) is 7.20. The smallest absolute Gasteiger partial charge is 0.188 e. The number of hydrogen-bond acceptors (Lipinski definition) is 4. The first-order chi connectivity index (χ1) is 11.1. The van der Waals surface area contributed by atoms with Gasteiger partial charge >= 0.3 is 0 Å². The molecule has 2 aromatic rings. The summed E-state index contributed by atoms with van der Waals surface area (Å²) in [7, 11) is 0. The van der Waals surface area contributed by atoms with E-state index in [0.717, 1.165) is 48.0 Å². The molecular weight excluding hydrogens is 310 g/mol. The molecule has 1 unspecified atom stereocenters. The largest absolute Gasteiger partial charge is 0.357 e. The minimum absolute atomic E-state index is 0.241. The number of nitrogens with zero attached hydrogens (tertiary/aromatic N) is 2. The summed E-state index contributed by atoms with van der Waals surface area (Å²) < 4.78 is 0. The van der Waals surface area contributed by atoms with Gasteiger partial charge in [0.05, 0.1) is 24.0 Å². The van der Waals surface area contributed by atoms with Crippen molar-refractivity contribution < 1.29 is 0 Å². The van der Waals surface area contributed by atoms with Gasteiger partial charge in [0.2, 0.25) is 0 Å². The van der Waals surface area contributed by atoms with Crippen LogP contribution in [0.5, 0.6) is 0 Å². The fourth-order valence-electron chi connectivity index (χ4n) is 2.11. The van der Waals surface area contributed by atoms with Crippen molar-refractivity contribution in [2.45, 2.75) is 38.5 Å². The van der Waals surface area contributed by atoms with Crippen molar-refractivity contribution in [3.05, 3.63) is 35.9 Å². The van der Waals surface area contributed by atoms with Gasteiger partial charge in [0.15, 0.2) is 5.96 Å². The minimum Gasteiger partial charge on any atom is -0.357 e. The van der Waals surface area contributed by atoms with Gasteiger partial charge in [0.25, 0.3) is 0 Å². The first-order valence-corrected chi connectivity index (χ1v) is 8.94. The molecule has 23 heavy (non-hydrogen) atoms. The van der Waals surface area contributed by atoms with Crippen molar-refractivity contribution in [2.75, 3.05) is 12.3 Å². The molecule has 2 heterocycles. The zero-order valence-corrected chi connectivity index (χ0v) is 14.5. The number of aromatic nitrogens is 4. The van der Waals surface area contributed by atoms with Gasteiger partial charge in [-0.05, 0) is 26.7 Å². The van der Waals surface area contributed by atoms with E-state index in [-0.39, 0.29) is 6.04 Å². The van der Waals surface area contributed by atoms with Gasteiger partial charge in [-0.15, -0.1) is 0 Å². The second-order valence-corrected chi connectivity index (χ2v) is 6.53. The zero-order chi connectivity index (χ0) is 16.5.